The van der Waals surface area contributed by atoms with E-state index >= 15 is 0 Å². The Balaban J connectivity index is 4.04. The predicted octanol–water partition coefficient (Wildman–Crippen LogP) is -0.0394. The van der Waals surface area contributed by atoms with Gasteiger partial charge in [-0.2, -0.15) is 8.78 Å². The zero-order valence-electron chi connectivity index (χ0n) is 4.14. The topological polar surface area (TPSA) is 63.3 Å². The van der Waals surface area contributed by atoms with Gasteiger partial charge in [0.05, 0.1) is 0 Å². The van der Waals surface area contributed by atoms with E-state index in [1.807, 2.05) is 0 Å². The Morgan fingerprint density at radius 2 is 2.00 bits per heavy atom. The van der Waals surface area contributed by atoms with E-state index in [-0.39, 0.29) is 0 Å². The van der Waals surface area contributed by atoms with Gasteiger partial charge in [0, 0.05) is 0 Å². The van der Waals surface area contributed by atoms with Crippen molar-refractivity contribution in [3.8, 4) is 0 Å². The Morgan fingerprint density at radius 3 is 2.00 bits per heavy atom. The van der Waals surface area contributed by atoms with Crippen LogP contribution in [0.15, 0.2) is 0 Å². The van der Waals surface area contributed by atoms with Gasteiger partial charge in [0.1, 0.15) is 0 Å². The van der Waals surface area contributed by atoms with Crippen LogP contribution < -0.4 is 5.73 Å². The smallest absolute Gasteiger partial charge is 0.346 e. The van der Waals surface area contributed by atoms with Crippen molar-refractivity contribution in [3.63, 3.8) is 0 Å². The van der Waals surface area contributed by atoms with E-state index in [4.69, 9.17) is 5.11 Å². The second kappa shape index (κ2) is 2.22. The zero-order valence-corrected chi connectivity index (χ0v) is 4.14. The van der Waals surface area contributed by atoms with Crippen LogP contribution in [0, 0.1) is 0 Å². The summed E-state index contributed by atoms with van der Waals surface area (Å²) < 4.78 is 34.3. The Morgan fingerprint density at radius 1 is 1.67 bits per heavy atom. The third-order valence-electron chi connectivity index (χ3n) is 0.555. The summed E-state index contributed by atoms with van der Waals surface area (Å²) in [5, 5.41) is 7.58. The first kappa shape index (κ1) is 8.22. The molecule has 0 aliphatic carbocycles. The minimum atomic E-state index is -4.29. The third-order valence-corrected chi connectivity index (χ3v) is 0.555. The molecule has 0 aromatic heterocycles. The van der Waals surface area contributed by atoms with E-state index in [9.17, 15) is 18.0 Å². The number of rotatable bonds is 2. The highest BCUT2D eigenvalue weighted by Crippen LogP contribution is 2.13. The fraction of sp³-hybridized carbons (Fsp3) is 0.667. The summed E-state index contributed by atoms with van der Waals surface area (Å²) in [6, 6.07) is -4.29. The Kier molecular flexibility index (Phi) is 2.03. The average Bonchev–Trinajstić information content (AvgIpc) is 1.62. The minimum absolute atomic E-state index is 2.26. The molecular formula is C3H4F3NO2. The zero-order chi connectivity index (χ0) is 7.65. The second-order valence-corrected chi connectivity index (χ2v) is 1.38. The highest BCUT2D eigenvalue weighted by molar-refractivity contribution is 5.73. The maximum absolute atomic E-state index is 11.6. The van der Waals surface area contributed by atoms with Crippen molar-refractivity contribution in [2.24, 2.45) is 5.73 Å². The van der Waals surface area contributed by atoms with Crippen LogP contribution in [0.25, 0.3) is 0 Å². The van der Waals surface area contributed by atoms with Gasteiger partial charge in [0.15, 0.2) is 0 Å². The van der Waals surface area contributed by atoms with Gasteiger partial charge in [-0.3, -0.25) is 5.73 Å². The van der Waals surface area contributed by atoms with Crippen LogP contribution in [0.3, 0.4) is 0 Å². The standard InChI is InChI=1S/C3H4F3NO2/c4-1(2(8)9)3(5,6)7/h1H,7H2,(H,8,9). The molecule has 0 saturated heterocycles. The molecule has 3 nitrogen and oxygen atoms in total. The summed E-state index contributed by atoms with van der Waals surface area (Å²) in [7, 11) is 0. The van der Waals surface area contributed by atoms with Crippen LogP contribution in [0.1, 0.15) is 0 Å². The maximum atomic E-state index is 11.6. The summed E-state index contributed by atoms with van der Waals surface area (Å²) in [4.78, 5) is 9.41. The Bertz CT molecular complexity index is 121. The molecule has 0 aromatic carbocycles. The van der Waals surface area contributed by atoms with Gasteiger partial charge in [-0.25, -0.2) is 9.18 Å². The van der Waals surface area contributed by atoms with E-state index < -0.39 is 18.2 Å². The van der Waals surface area contributed by atoms with E-state index in [2.05, 4.69) is 5.73 Å². The van der Waals surface area contributed by atoms with Crippen molar-refractivity contribution in [1.82, 2.24) is 0 Å². The number of carbonyl (C=O) groups is 1. The number of aliphatic carboxylic acids is 1. The lowest BCUT2D eigenvalue weighted by atomic mass is 10.3. The van der Waals surface area contributed by atoms with Crippen molar-refractivity contribution >= 4 is 5.97 Å². The van der Waals surface area contributed by atoms with E-state index in [1.54, 1.807) is 0 Å². The molecule has 0 rings (SSSR count). The average molecular weight is 143 g/mol. The number of hydrogen-bond acceptors (Lipinski definition) is 2. The van der Waals surface area contributed by atoms with Crippen LogP contribution in [0.2, 0.25) is 0 Å². The minimum Gasteiger partial charge on any atom is -0.479 e. The molecule has 0 fully saturated rings. The van der Waals surface area contributed by atoms with E-state index in [1.165, 1.54) is 0 Å². The van der Waals surface area contributed by atoms with Crippen molar-refractivity contribution in [2.75, 3.05) is 0 Å². The second-order valence-electron chi connectivity index (χ2n) is 1.38. The fourth-order valence-corrected chi connectivity index (χ4v) is 0.165. The molecule has 0 spiro atoms. The largest absolute Gasteiger partial charge is 0.479 e. The van der Waals surface area contributed by atoms with Crippen LogP contribution in [0.4, 0.5) is 13.2 Å². The molecular weight excluding hydrogens is 139 g/mol. The molecule has 1 atom stereocenters. The SMILES string of the molecule is NC(F)(F)C(F)C(=O)O. The number of carboxylic acid groups (broad SMARTS) is 1. The Hall–Kier alpha value is -0.780. The van der Waals surface area contributed by atoms with Crippen LogP contribution in [-0.2, 0) is 4.79 Å². The van der Waals surface area contributed by atoms with Gasteiger partial charge >= 0.3 is 12.0 Å². The van der Waals surface area contributed by atoms with Crippen molar-refractivity contribution in [1.29, 1.82) is 0 Å². The van der Waals surface area contributed by atoms with E-state index in [0.29, 0.717) is 0 Å². The molecule has 0 radical (unpaired) electrons. The normalized spacial score (nSPS) is 15.1. The molecule has 0 aromatic rings. The van der Waals surface area contributed by atoms with Crippen LogP contribution in [-0.4, -0.2) is 23.3 Å². The lowest BCUT2D eigenvalue weighted by molar-refractivity contribution is -0.158. The summed E-state index contributed by atoms with van der Waals surface area (Å²) in [5.74, 6) is -2.26. The first-order valence-electron chi connectivity index (χ1n) is 1.89. The van der Waals surface area contributed by atoms with Crippen molar-refractivity contribution in [2.45, 2.75) is 12.2 Å². The molecule has 1 unspecified atom stereocenters. The van der Waals surface area contributed by atoms with Crippen LogP contribution in [0.5, 0.6) is 0 Å². The quantitative estimate of drug-likeness (QED) is 0.533. The maximum Gasteiger partial charge on any atom is 0.346 e. The van der Waals surface area contributed by atoms with Crippen molar-refractivity contribution < 1.29 is 23.1 Å². The molecule has 0 aliphatic heterocycles. The predicted molar refractivity (Wildman–Crippen MR) is 21.7 cm³/mol. The summed E-state index contributed by atoms with van der Waals surface area (Å²) in [5.41, 5.74) is 3.79. The van der Waals surface area contributed by atoms with Gasteiger partial charge < -0.3 is 5.11 Å². The van der Waals surface area contributed by atoms with Crippen molar-refractivity contribution in [3.05, 3.63) is 0 Å². The summed E-state index contributed by atoms with van der Waals surface area (Å²) >= 11 is 0. The molecule has 3 N–H and O–H groups in total. The Labute approximate surface area is 48.3 Å². The molecule has 6 heteroatoms. The van der Waals surface area contributed by atoms with Gasteiger partial charge in [-0.05, 0) is 0 Å². The molecule has 9 heavy (non-hydrogen) atoms. The molecule has 0 aliphatic rings. The fourth-order valence-electron chi connectivity index (χ4n) is 0.165. The van der Waals surface area contributed by atoms with Crippen LogP contribution >= 0.6 is 0 Å². The van der Waals surface area contributed by atoms with Gasteiger partial charge in [-0.1, -0.05) is 0 Å². The van der Waals surface area contributed by atoms with Gasteiger partial charge in [0.2, 0.25) is 0 Å². The number of nitrogens with two attached hydrogens (primary N) is 1. The monoisotopic (exact) mass is 143 g/mol. The molecule has 0 amide bonds. The number of carboxylic acids is 1. The van der Waals surface area contributed by atoms with Gasteiger partial charge in [0.25, 0.3) is 6.17 Å². The van der Waals surface area contributed by atoms with Gasteiger partial charge in [-0.15, -0.1) is 0 Å². The summed E-state index contributed by atoms with van der Waals surface area (Å²) in [6.07, 6.45) is -3.32. The molecule has 0 heterocycles. The number of alkyl halides is 3. The highest BCUT2D eigenvalue weighted by atomic mass is 19.3. The lowest BCUT2D eigenvalue weighted by Crippen LogP contribution is -2.44. The lowest BCUT2D eigenvalue weighted by Gasteiger charge is -2.09. The molecule has 0 saturated carbocycles. The molecule has 0 bridgehead atoms. The number of hydrogen-bond donors (Lipinski definition) is 2. The molecule has 54 valence electrons. The first-order chi connectivity index (χ1) is 3.85. The summed E-state index contributed by atoms with van der Waals surface area (Å²) in [6.45, 7) is 0. The third kappa shape index (κ3) is 2.31. The highest BCUT2D eigenvalue weighted by Gasteiger charge is 2.41. The number of halogens is 3. The first-order valence-corrected chi connectivity index (χ1v) is 1.89. The van der Waals surface area contributed by atoms with E-state index in [0.717, 1.165) is 0 Å².